The molecule has 3 N–H and O–H groups in total. The molecule has 2 aromatic carbocycles. The van der Waals surface area contributed by atoms with Crippen LogP contribution in [-0.2, 0) is 0 Å². The number of benzene rings is 2. The summed E-state index contributed by atoms with van der Waals surface area (Å²) < 4.78 is 0. The van der Waals surface area contributed by atoms with E-state index >= 15 is 0 Å². The Labute approximate surface area is 118 Å². The second kappa shape index (κ2) is 6.66. The van der Waals surface area contributed by atoms with Gasteiger partial charge >= 0.3 is 0 Å². The average Bonchev–Trinajstić information content (AvgIpc) is 2.45. The largest absolute Gasteiger partial charge is 0.355 e. The predicted octanol–water partition coefficient (Wildman–Crippen LogP) is 0.904. The maximum atomic E-state index is 5.08. The summed E-state index contributed by atoms with van der Waals surface area (Å²) in [4.78, 5) is 0. The van der Waals surface area contributed by atoms with Gasteiger partial charge in [0.25, 0.3) is 0 Å². The van der Waals surface area contributed by atoms with Crippen molar-refractivity contribution in [3.63, 3.8) is 0 Å². The maximum absolute atomic E-state index is 5.08. The number of thiocarbonyl (C=S) groups is 1. The minimum Gasteiger partial charge on any atom is -0.355 e. The van der Waals surface area contributed by atoms with E-state index in [1.165, 1.54) is 10.8 Å². The highest BCUT2D eigenvalue weighted by molar-refractivity contribution is 7.80. The minimum atomic E-state index is 0.538. The van der Waals surface area contributed by atoms with Crippen molar-refractivity contribution in [1.29, 1.82) is 0 Å². The van der Waals surface area contributed by atoms with Gasteiger partial charge < -0.3 is 5.32 Å². The second-order valence-corrected chi connectivity index (χ2v) is 4.39. The van der Waals surface area contributed by atoms with Crippen LogP contribution in [0.15, 0.2) is 55.1 Å². The van der Waals surface area contributed by atoms with Crippen LogP contribution in [-0.4, -0.2) is 17.9 Å². The summed E-state index contributed by atoms with van der Waals surface area (Å²) in [5.41, 5.74) is 4.01. The van der Waals surface area contributed by atoms with Crippen LogP contribution in [0.3, 0.4) is 0 Å². The molecule has 0 aliphatic heterocycles. The van der Waals surface area contributed by atoms with Crippen molar-refractivity contribution >= 4 is 34.3 Å². The molecule has 0 aliphatic rings. The monoisotopic (exact) mass is 270 g/mol. The van der Waals surface area contributed by atoms with Crippen molar-refractivity contribution in [3.8, 4) is 0 Å². The van der Waals surface area contributed by atoms with E-state index < -0.39 is 0 Å². The molecule has 0 heterocycles. The van der Waals surface area contributed by atoms with Gasteiger partial charge in [0.05, 0.1) is 0 Å². The normalized spacial score (nSPS) is 10.5. The molecule has 0 fully saturated rings. The van der Waals surface area contributed by atoms with Crippen LogP contribution >= 0.6 is 12.2 Å². The Hall–Kier alpha value is -2.20. The molecule has 0 bridgehead atoms. The predicted molar refractivity (Wildman–Crippen MR) is 84.0 cm³/mol. The first-order valence-corrected chi connectivity index (χ1v) is 6.43. The van der Waals surface area contributed by atoms with Crippen molar-refractivity contribution in [2.45, 2.75) is 0 Å². The first-order valence-electron chi connectivity index (χ1n) is 6.02. The molecular formula is C15H16N3S+. The Bertz CT molecular complexity index is 614. The zero-order valence-electron chi connectivity index (χ0n) is 10.5. The van der Waals surface area contributed by atoms with Gasteiger partial charge in [0.1, 0.15) is 0 Å². The maximum Gasteiger partial charge on any atom is 0.224 e. The summed E-state index contributed by atoms with van der Waals surface area (Å²) in [6.45, 7) is 4.26. The molecule has 0 saturated heterocycles. The van der Waals surface area contributed by atoms with Crippen molar-refractivity contribution in [2.24, 2.45) is 0 Å². The molecule has 0 amide bonds. The molecule has 0 radical (unpaired) electrons. The van der Waals surface area contributed by atoms with Crippen LogP contribution < -0.4 is 15.8 Å². The van der Waals surface area contributed by atoms with E-state index in [2.05, 4.69) is 46.7 Å². The first kappa shape index (κ1) is 13.2. The molecule has 2 rings (SSSR count). The van der Waals surface area contributed by atoms with E-state index in [0.29, 0.717) is 11.7 Å². The number of hydrazine groups is 1. The van der Waals surface area contributed by atoms with Crippen LogP contribution in [0.4, 0.5) is 0 Å². The molecule has 96 valence electrons. The van der Waals surface area contributed by atoms with Gasteiger partial charge in [0, 0.05) is 12.1 Å². The summed E-state index contributed by atoms with van der Waals surface area (Å²) in [7, 11) is 0. The molecular weight excluding hydrogens is 254 g/mol. The molecule has 0 aromatic heterocycles. The number of hydrogen-bond acceptors (Lipinski definition) is 1. The first-order chi connectivity index (χ1) is 9.31. The molecule has 3 nitrogen and oxygen atoms in total. The third kappa shape index (κ3) is 3.63. The molecule has 19 heavy (non-hydrogen) atoms. The van der Waals surface area contributed by atoms with Gasteiger partial charge in [-0.25, -0.2) is 0 Å². The second-order valence-electron chi connectivity index (χ2n) is 3.98. The SMILES string of the molecule is C=CCNC(=S)N[NH+]=Cc1cccc2ccccc12. The van der Waals surface area contributed by atoms with Gasteiger partial charge in [-0.2, -0.15) is 0 Å². The third-order valence-corrected chi connectivity index (χ3v) is 2.89. The molecule has 0 spiro atoms. The van der Waals surface area contributed by atoms with E-state index in [9.17, 15) is 0 Å². The molecule has 0 aliphatic carbocycles. The minimum absolute atomic E-state index is 0.538. The van der Waals surface area contributed by atoms with Crippen LogP contribution in [0.5, 0.6) is 0 Å². The van der Waals surface area contributed by atoms with Gasteiger partial charge in [-0.1, -0.05) is 42.5 Å². The Balaban J connectivity index is 2.09. The van der Waals surface area contributed by atoms with Gasteiger partial charge in [0.15, 0.2) is 6.21 Å². The van der Waals surface area contributed by atoms with Crippen LogP contribution in [0.2, 0.25) is 0 Å². The fourth-order valence-corrected chi connectivity index (χ4v) is 1.91. The quantitative estimate of drug-likeness (QED) is 0.334. The average molecular weight is 270 g/mol. The summed E-state index contributed by atoms with van der Waals surface area (Å²) in [5, 5.41) is 8.92. The van der Waals surface area contributed by atoms with E-state index in [4.69, 9.17) is 12.2 Å². The standard InChI is InChI=1S/C15H15N3S/c1-2-10-16-15(19)18-17-11-13-8-5-7-12-6-3-4-9-14(12)13/h2-9,11H,1,10H2,(H2,16,18,19)/p+1. The van der Waals surface area contributed by atoms with Gasteiger partial charge in [-0.15, -0.1) is 17.1 Å². The van der Waals surface area contributed by atoms with Crippen LogP contribution in [0.1, 0.15) is 5.56 Å². The summed E-state index contributed by atoms with van der Waals surface area (Å²) in [6.07, 6.45) is 3.65. The van der Waals surface area contributed by atoms with Crippen molar-refractivity contribution in [1.82, 2.24) is 10.7 Å². The summed E-state index contributed by atoms with van der Waals surface area (Å²) in [6, 6.07) is 14.4. The topological polar surface area (TPSA) is 38.0 Å². The van der Waals surface area contributed by atoms with Crippen molar-refractivity contribution in [2.75, 3.05) is 6.54 Å². The van der Waals surface area contributed by atoms with E-state index in [1.54, 1.807) is 6.08 Å². The fourth-order valence-electron chi connectivity index (χ4n) is 1.76. The Morgan fingerprint density at radius 3 is 2.84 bits per heavy atom. The Morgan fingerprint density at radius 2 is 2.00 bits per heavy atom. The van der Waals surface area contributed by atoms with Gasteiger partial charge in [-0.05, 0) is 29.1 Å². The smallest absolute Gasteiger partial charge is 0.224 e. The molecule has 0 unspecified atom stereocenters. The lowest BCUT2D eigenvalue weighted by Crippen LogP contribution is -2.82. The summed E-state index contributed by atoms with van der Waals surface area (Å²) >= 11 is 5.08. The molecule has 0 atom stereocenters. The molecule has 0 saturated carbocycles. The zero-order chi connectivity index (χ0) is 13.5. The highest BCUT2D eigenvalue weighted by Gasteiger charge is 2.00. The zero-order valence-corrected chi connectivity index (χ0v) is 11.3. The lowest BCUT2D eigenvalue weighted by molar-refractivity contribution is -0.500. The number of rotatable bonds is 4. The molecule has 4 heteroatoms. The van der Waals surface area contributed by atoms with E-state index in [1.807, 2.05) is 24.4 Å². The van der Waals surface area contributed by atoms with Gasteiger partial charge in [-0.3, -0.25) is 0 Å². The highest BCUT2D eigenvalue weighted by atomic mass is 32.1. The Kier molecular flexibility index (Phi) is 4.64. The van der Waals surface area contributed by atoms with Gasteiger partial charge in [0.2, 0.25) is 5.11 Å². The lowest BCUT2D eigenvalue weighted by atomic mass is 10.1. The number of nitrogens with one attached hydrogen (secondary N) is 3. The van der Waals surface area contributed by atoms with Crippen LogP contribution in [0.25, 0.3) is 10.8 Å². The van der Waals surface area contributed by atoms with Crippen molar-refractivity contribution in [3.05, 3.63) is 60.7 Å². The molecule has 2 aromatic rings. The van der Waals surface area contributed by atoms with Crippen molar-refractivity contribution < 1.29 is 5.10 Å². The van der Waals surface area contributed by atoms with Crippen LogP contribution in [0, 0.1) is 0 Å². The van der Waals surface area contributed by atoms with E-state index in [-0.39, 0.29) is 0 Å². The number of hydrogen-bond donors (Lipinski definition) is 3. The van der Waals surface area contributed by atoms with E-state index in [0.717, 1.165) is 5.56 Å². The Morgan fingerprint density at radius 1 is 1.21 bits per heavy atom. The summed E-state index contributed by atoms with van der Waals surface area (Å²) in [5.74, 6) is 0. The number of fused-ring (bicyclic) bond motifs is 1. The fraction of sp³-hybridized carbons (Fsp3) is 0.0667. The third-order valence-electron chi connectivity index (χ3n) is 2.64. The highest BCUT2D eigenvalue weighted by Crippen LogP contribution is 2.15. The lowest BCUT2D eigenvalue weighted by Gasteiger charge is -2.00. The number of hydrazone groups is 1.